The van der Waals surface area contributed by atoms with Gasteiger partial charge in [0.25, 0.3) is 11.8 Å². The number of aromatic nitrogens is 1. The number of nitrogens with zero attached hydrogens (tertiary/aromatic N) is 1. The first-order valence-electron chi connectivity index (χ1n) is 8.19. The maximum Gasteiger partial charge on any atom is 0.274 e. The first-order chi connectivity index (χ1) is 11.9. The molecule has 25 heavy (non-hydrogen) atoms. The van der Waals surface area contributed by atoms with Crippen molar-refractivity contribution in [1.82, 2.24) is 10.3 Å². The van der Waals surface area contributed by atoms with E-state index in [4.69, 9.17) is 11.6 Å². The lowest BCUT2D eigenvalue weighted by Crippen LogP contribution is -2.27. The molecule has 0 bridgehead atoms. The van der Waals surface area contributed by atoms with Gasteiger partial charge < -0.3 is 10.6 Å². The normalized spacial score (nSPS) is 10.6. The van der Waals surface area contributed by atoms with Gasteiger partial charge in [-0.1, -0.05) is 31.5 Å². The molecule has 2 N–H and O–H groups in total. The monoisotopic (exact) mass is 359 g/mol. The van der Waals surface area contributed by atoms with Gasteiger partial charge in [0, 0.05) is 17.3 Å². The number of benzene rings is 1. The molecular formula is C19H22ClN3O2. The van der Waals surface area contributed by atoms with Gasteiger partial charge in [-0.15, -0.1) is 0 Å². The SMILES string of the molecule is Cc1cc(Cl)ccc1NC(=O)c1cccc(C(=O)NCCC(C)C)n1. The Morgan fingerprint density at radius 1 is 1.12 bits per heavy atom. The highest BCUT2D eigenvalue weighted by Crippen LogP contribution is 2.20. The molecule has 0 aliphatic heterocycles. The number of hydrogen-bond acceptors (Lipinski definition) is 3. The molecule has 5 nitrogen and oxygen atoms in total. The summed E-state index contributed by atoms with van der Waals surface area (Å²) in [5.41, 5.74) is 1.92. The lowest BCUT2D eigenvalue weighted by Gasteiger charge is -2.10. The number of rotatable bonds is 6. The number of carbonyl (C=O) groups is 2. The third kappa shape index (κ3) is 5.57. The Labute approximate surface area is 152 Å². The molecule has 2 amide bonds. The number of nitrogens with one attached hydrogen (secondary N) is 2. The summed E-state index contributed by atoms with van der Waals surface area (Å²) in [5.74, 6) is -0.145. The van der Waals surface area contributed by atoms with Gasteiger partial charge in [-0.05, 0) is 55.2 Å². The molecule has 1 aromatic heterocycles. The second-order valence-electron chi connectivity index (χ2n) is 6.26. The molecule has 2 aromatic rings. The van der Waals surface area contributed by atoms with E-state index in [1.54, 1.807) is 36.4 Å². The number of anilines is 1. The van der Waals surface area contributed by atoms with Crippen molar-refractivity contribution >= 4 is 29.1 Å². The Bertz CT molecular complexity index is 775. The maximum atomic E-state index is 12.4. The van der Waals surface area contributed by atoms with E-state index in [1.165, 1.54) is 0 Å². The van der Waals surface area contributed by atoms with Crippen LogP contribution in [0.15, 0.2) is 36.4 Å². The van der Waals surface area contributed by atoms with E-state index in [-0.39, 0.29) is 23.2 Å². The van der Waals surface area contributed by atoms with Crippen molar-refractivity contribution in [3.63, 3.8) is 0 Å². The van der Waals surface area contributed by atoms with Crippen LogP contribution in [0.4, 0.5) is 5.69 Å². The van der Waals surface area contributed by atoms with Gasteiger partial charge >= 0.3 is 0 Å². The van der Waals surface area contributed by atoms with Crippen LogP contribution >= 0.6 is 11.6 Å². The Morgan fingerprint density at radius 3 is 2.44 bits per heavy atom. The fraction of sp³-hybridized carbons (Fsp3) is 0.316. The first kappa shape index (κ1) is 18.9. The molecule has 0 aliphatic carbocycles. The molecule has 0 radical (unpaired) electrons. The summed E-state index contributed by atoms with van der Waals surface area (Å²) < 4.78 is 0. The van der Waals surface area contributed by atoms with Gasteiger partial charge in [-0.2, -0.15) is 0 Å². The van der Waals surface area contributed by atoms with E-state index in [0.717, 1.165) is 12.0 Å². The van der Waals surface area contributed by atoms with Gasteiger partial charge in [-0.25, -0.2) is 4.98 Å². The standard InChI is InChI=1S/C19H22ClN3O2/c1-12(2)9-10-21-18(24)16-5-4-6-17(22-16)19(25)23-15-8-7-14(20)11-13(15)3/h4-8,11-12H,9-10H2,1-3H3,(H,21,24)(H,23,25). The van der Waals surface area contributed by atoms with Gasteiger partial charge in [0.05, 0.1) is 0 Å². The third-order valence-corrected chi connectivity index (χ3v) is 3.89. The molecule has 0 aliphatic rings. The second kappa shape index (κ2) is 8.62. The van der Waals surface area contributed by atoms with Crippen LogP contribution in [0.2, 0.25) is 5.02 Å². The highest BCUT2D eigenvalue weighted by Gasteiger charge is 2.13. The van der Waals surface area contributed by atoms with Crippen LogP contribution in [-0.4, -0.2) is 23.3 Å². The summed E-state index contributed by atoms with van der Waals surface area (Å²) in [6, 6.07) is 10.0. The van der Waals surface area contributed by atoms with E-state index >= 15 is 0 Å². The molecule has 6 heteroatoms. The average molecular weight is 360 g/mol. The Kier molecular flexibility index (Phi) is 6.53. The Morgan fingerprint density at radius 2 is 1.80 bits per heavy atom. The number of amides is 2. The van der Waals surface area contributed by atoms with Crippen molar-refractivity contribution in [3.05, 3.63) is 58.4 Å². The van der Waals surface area contributed by atoms with E-state index in [1.807, 2.05) is 6.92 Å². The van der Waals surface area contributed by atoms with Crippen LogP contribution in [0.5, 0.6) is 0 Å². The summed E-state index contributed by atoms with van der Waals surface area (Å²) in [7, 11) is 0. The fourth-order valence-corrected chi connectivity index (χ4v) is 2.43. The van der Waals surface area contributed by atoms with Crippen LogP contribution < -0.4 is 10.6 Å². The van der Waals surface area contributed by atoms with Crippen molar-refractivity contribution in [2.45, 2.75) is 27.2 Å². The molecular weight excluding hydrogens is 338 g/mol. The summed E-state index contributed by atoms with van der Waals surface area (Å²) in [6.07, 6.45) is 0.891. The number of aryl methyl sites for hydroxylation is 1. The molecule has 0 atom stereocenters. The van der Waals surface area contributed by atoms with Crippen molar-refractivity contribution in [2.75, 3.05) is 11.9 Å². The van der Waals surface area contributed by atoms with E-state index < -0.39 is 0 Å². The molecule has 0 saturated carbocycles. The lowest BCUT2D eigenvalue weighted by atomic mass is 10.1. The Balaban J connectivity index is 2.06. The van der Waals surface area contributed by atoms with Crippen LogP contribution in [0.1, 0.15) is 46.8 Å². The number of carbonyl (C=O) groups excluding carboxylic acids is 2. The molecule has 132 valence electrons. The largest absolute Gasteiger partial charge is 0.351 e. The summed E-state index contributed by atoms with van der Waals surface area (Å²) in [6.45, 7) is 6.62. The van der Waals surface area contributed by atoms with E-state index in [0.29, 0.717) is 23.2 Å². The smallest absolute Gasteiger partial charge is 0.274 e. The predicted molar refractivity (Wildman–Crippen MR) is 100 cm³/mol. The van der Waals surface area contributed by atoms with Crippen molar-refractivity contribution in [1.29, 1.82) is 0 Å². The van der Waals surface area contributed by atoms with E-state index in [2.05, 4.69) is 29.5 Å². The molecule has 2 rings (SSSR count). The van der Waals surface area contributed by atoms with Gasteiger partial charge in [0.15, 0.2) is 0 Å². The van der Waals surface area contributed by atoms with Crippen molar-refractivity contribution in [2.24, 2.45) is 5.92 Å². The van der Waals surface area contributed by atoms with Crippen LogP contribution in [-0.2, 0) is 0 Å². The number of hydrogen-bond donors (Lipinski definition) is 2. The quantitative estimate of drug-likeness (QED) is 0.816. The Hall–Kier alpha value is -2.40. The molecule has 0 saturated heterocycles. The average Bonchev–Trinajstić information content (AvgIpc) is 2.57. The zero-order valence-electron chi connectivity index (χ0n) is 14.6. The van der Waals surface area contributed by atoms with Gasteiger partial charge in [0.1, 0.15) is 11.4 Å². The topological polar surface area (TPSA) is 71.1 Å². The lowest BCUT2D eigenvalue weighted by molar-refractivity contribution is 0.0947. The van der Waals surface area contributed by atoms with Crippen LogP contribution in [0, 0.1) is 12.8 Å². The minimum atomic E-state index is -0.373. The zero-order chi connectivity index (χ0) is 18.4. The second-order valence-corrected chi connectivity index (χ2v) is 6.70. The molecule has 0 spiro atoms. The molecule has 0 fully saturated rings. The van der Waals surface area contributed by atoms with Gasteiger partial charge in [0.2, 0.25) is 0 Å². The highest BCUT2D eigenvalue weighted by molar-refractivity contribution is 6.30. The third-order valence-electron chi connectivity index (χ3n) is 3.66. The van der Waals surface area contributed by atoms with E-state index in [9.17, 15) is 9.59 Å². The minimum Gasteiger partial charge on any atom is -0.351 e. The predicted octanol–water partition coefficient (Wildman–Crippen LogP) is 4.07. The first-order valence-corrected chi connectivity index (χ1v) is 8.57. The zero-order valence-corrected chi connectivity index (χ0v) is 15.4. The molecule has 1 heterocycles. The van der Waals surface area contributed by atoms with Crippen LogP contribution in [0.25, 0.3) is 0 Å². The molecule has 1 aromatic carbocycles. The molecule has 0 unspecified atom stereocenters. The highest BCUT2D eigenvalue weighted by atomic mass is 35.5. The van der Waals surface area contributed by atoms with Crippen molar-refractivity contribution < 1.29 is 9.59 Å². The maximum absolute atomic E-state index is 12.4. The summed E-state index contributed by atoms with van der Waals surface area (Å²) in [4.78, 5) is 28.7. The van der Waals surface area contributed by atoms with Crippen LogP contribution in [0.3, 0.4) is 0 Å². The number of halogens is 1. The van der Waals surface area contributed by atoms with Crippen molar-refractivity contribution in [3.8, 4) is 0 Å². The summed E-state index contributed by atoms with van der Waals surface area (Å²) in [5, 5.41) is 6.21. The fourth-order valence-electron chi connectivity index (χ4n) is 2.21. The number of pyridine rings is 1. The van der Waals surface area contributed by atoms with Gasteiger partial charge in [-0.3, -0.25) is 9.59 Å². The minimum absolute atomic E-state index is 0.186. The summed E-state index contributed by atoms with van der Waals surface area (Å²) >= 11 is 5.92.